The fourth-order valence-electron chi connectivity index (χ4n) is 2.77. The third-order valence-corrected chi connectivity index (χ3v) is 4.10. The number of ether oxygens (including phenoxy) is 1. The molecule has 1 aliphatic rings. The maximum absolute atomic E-state index is 13.3. The van der Waals surface area contributed by atoms with Crippen molar-refractivity contribution < 1.29 is 22.3 Å². The molecule has 0 aromatic heterocycles. The Hall–Kier alpha value is -2.77. The van der Waals surface area contributed by atoms with Gasteiger partial charge in [-0.1, -0.05) is 19.6 Å². The van der Waals surface area contributed by atoms with Crippen molar-refractivity contribution in [3.63, 3.8) is 0 Å². The van der Waals surface area contributed by atoms with Crippen LogP contribution in [0.2, 0.25) is 0 Å². The van der Waals surface area contributed by atoms with Crippen LogP contribution < -0.4 is 10.1 Å². The zero-order valence-electron chi connectivity index (χ0n) is 15.7. The Morgan fingerprint density at radius 1 is 1.32 bits per heavy atom. The largest absolute Gasteiger partial charge is 0.573 e. The highest BCUT2D eigenvalue weighted by molar-refractivity contribution is 6.03. The molecule has 1 heterocycles. The Morgan fingerprint density at radius 3 is 2.39 bits per heavy atom. The summed E-state index contributed by atoms with van der Waals surface area (Å²) >= 11 is 0. The topological polar surface area (TPSA) is 48.4 Å². The molecule has 0 bridgehead atoms. The molecular weight excluding hydrogens is 374 g/mol. The SMILES string of the molecule is C=C(Nc1ccc(OC(F)(F)F)cc1)/C(C(=N)CC)=C(\C=C/C)N1CC(F)C1. The van der Waals surface area contributed by atoms with Crippen LogP contribution in [0.1, 0.15) is 20.3 Å². The van der Waals surface area contributed by atoms with Crippen LogP contribution in [-0.4, -0.2) is 36.2 Å². The quantitative estimate of drug-likeness (QED) is 0.350. The Morgan fingerprint density at radius 2 is 1.93 bits per heavy atom. The molecule has 1 aliphatic heterocycles. The van der Waals surface area contributed by atoms with Gasteiger partial charge in [-0.2, -0.15) is 0 Å². The van der Waals surface area contributed by atoms with Gasteiger partial charge in [-0.05, 0) is 43.7 Å². The second-order valence-electron chi connectivity index (χ2n) is 6.27. The number of hydrogen-bond donors (Lipinski definition) is 2. The molecule has 0 atom stereocenters. The molecule has 0 aliphatic carbocycles. The molecule has 8 heteroatoms. The van der Waals surface area contributed by atoms with Gasteiger partial charge in [0.15, 0.2) is 0 Å². The average molecular weight is 397 g/mol. The standard InChI is InChI=1S/C20H23F4N3O/c1-4-6-18(27-11-14(21)12-27)19(17(25)5-2)13(3)26-15-7-9-16(10-8-15)28-20(22,23)24/h4,6-10,14,25-26H,3,5,11-12H2,1-2H3/b6-4-,19-18-,25-17?. The molecule has 0 amide bonds. The van der Waals surface area contributed by atoms with Gasteiger partial charge >= 0.3 is 6.36 Å². The third kappa shape index (κ3) is 5.61. The van der Waals surface area contributed by atoms with Crippen molar-refractivity contribution in [3.8, 4) is 5.75 Å². The number of benzene rings is 1. The van der Waals surface area contributed by atoms with Gasteiger partial charge in [0, 0.05) is 28.4 Å². The monoisotopic (exact) mass is 397 g/mol. The predicted octanol–water partition coefficient (Wildman–Crippen LogP) is 5.42. The van der Waals surface area contributed by atoms with Gasteiger partial charge in [-0.25, -0.2) is 4.39 Å². The smallest absolute Gasteiger partial charge is 0.406 e. The van der Waals surface area contributed by atoms with Crippen LogP contribution in [0.4, 0.5) is 23.2 Å². The van der Waals surface area contributed by atoms with Crippen LogP contribution in [-0.2, 0) is 0 Å². The van der Waals surface area contributed by atoms with E-state index in [0.29, 0.717) is 34.8 Å². The Bertz CT molecular complexity index is 776. The molecule has 152 valence electrons. The summed E-state index contributed by atoms with van der Waals surface area (Å²) in [7, 11) is 0. The highest BCUT2D eigenvalue weighted by atomic mass is 19.4. The van der Waals surface area contributed by atoms with Crippen molar-refractivity contribution in [2.24, 2.45) is 0 Å². The van der Waals surface area contributed by atoms with Gasteiger partial charge in [0.1, 0.15) is 11.9 Å². The molecule has 2 N–H and O–H groups in total. The lowest BCUT2D eigenvalue weighted by Gasteiger charge is -2.38. The first-order valence-electron chi connectivity index (χ1n) is 8.80. The molecule has 0 radical (unpaired) electrons. The van der Waals surface area contributed by atoms with Crippen LogP contribution in [0, 0.1) is 5.41 Å². The van der Waals surface area contributed by atoms with Gasteiger partial charge < -0.3 is 20.4 Å². The summed E-state index contributed by atoms with van der Waals surface area (Å²) in [6.07, 6.45) is -1.60. The van der Waals surface area contributed by atoms with Crippen LogP contribution in [0.5, 0.6) is 5.75 Å². The van der Waals surface area contributed by atoms with Gasteiger partial charge in [0.2, 0.25) is 0 Å². The van der Waals surface area contributed by atoms with Crippen molar-refractivity contribution in [3.05, 3.63) is 60.0 Å². The van der Waals surface area contributed by atoms with Gasteiger partial charge in [0.05, 0.1) is 13.1 Å². The normalized spacial score (nSPS) is 15.9. The molecule has 0 spiro atoms. The number of hydrogen-bond acceptors (Lipinski definition) is 4. The average Bonchev–Trinajstić information content (AvgIpc) is 2.59. The van der Waals surface area contributed by atoms with E-state index >= 15 is 0 Å². The molecule has 1 saturated heterocycles. The Kier molecular flexibility index (Phi) is 6.88. The number of halogens is 4. The number of likely N-dealkylation sites (tertiary alicyclic amines) is 1. The van der Waals surface area contributed by atoms with Crippen LogP contribution >= 0.6 is 0 Å². The summed E-state index contributed by atoms with van der Waals surface area (Å²) in [5.74, 6) is -0.329. The van der Waals surface area contributed by atoms with E-state index in [1.807, 2.05) is 18.7 Å². The summed E-state index contributed by atoms with van der Waals surface area (Å²) in [5, 5.41) is 11.3. The first kappa shape index (κ1) is 21.5. The zero-order chi connectivity index (χ0) is 20.9. The molecule has 1 aromatic rings. The van der Waals surface area contributed by atoms with E-state index in [4.69, 9.17) is 5.41 Å². The lowest BCUT2D eigenvalue weighted by atomic mass is 9.99. The van der Waals surface area contributed by atoms with Crippen LogP contribution in [0.3, 0.4) is 0 Å². The lowest BCUT2D eigenvalue weighted by molar-refractivity contribution is -0.274. The predicted molar refractivity (Wildman–Crippen MR) is 102 cm³/mol. The molecule has 4 nitrogen and oxygen atoms in total. The van der Waals surface area contributed by atoms with Crippen molar-refractivity contribution in [1.29, 1.82) is 5.41 Å². The first-order chi connectivity index (χ1) is 13.1. The summed E-state index contributed by atoms with van der Waals surface area (Å²) in [4.78, 5) is 1.83. The summed E-state index contributed by atoms with van der Waals surface area (Å²) in [6.45, 7) is 8.15. The van der Waals surface area contributed by atoms with Crippen LogP contribution in [0.15, 0.2) is 60.0 Å². The summed E-state index contributed by atoms with van der Waals surface area (Å²) in [5.41, 5.74) is 2.46. The molecule has 1 fully saturated rings. The maximum atomic E-state index is 13.3. The summed E-state index contributed by atoms with van der Waals surface area (Å²) in [6, 6.07) is 5.23. The number of anilines is 1. The molecule has 0 saturated carbocycles. The minimum absolute atomic E-state index is 0.247. The van der Waals surface area contributed by atoms with Crippen molar-refractivity contribution in [2.45, 2.75) is 32.8 Å². The summed E-state index contributed by atoms with van der Waals surface area (Å²) < 4.78 is 54.0. The minimum atomic E-state index is -4.75. The maximum Gasteiger partial charge on any atom is 0.573 e. The zero-order valence-corrected chi connectivity index (χ0v) is 15.7. The molecule has 28 heavy (non-hydrogen) atoms. The highest BCUT2D eigenvalue weighted by Gasteiger charge is 2.31. The molecule has 2 rings (SSSR count). The van der Waals surface area contributed by atoms with Crippen molar-refractivity contribution in [2.75, 3.05) is 18.4 Å². The van der Waals surface area contributed by atoms with E-state index in [0.717, 1.165) is 0 Å². The van der Waals surface area contributed by atoms with E-state index < -0.39 is 12.5 Å². The van der Waals surface area contributed by atoms with Crippen LogP contribution in [0.25, 0.3) is 0 Å². The number of allylic oxidation sites excluding steroid dienone is 3. The van der Waals surface area contributed by atoms with E-state index in [9.17, 15) is 17.6 Å². The minimum Gasteiger partial charge on any atom is -0.406 e. The first-order valence-corrected chi connectivity index (χ1v) is 8.80. The highest BCUT2D eigenvalue weighted by Crippen LogP contribution is 2.28. The lowest BCUT2D eigenvalue weighted by Crippen LogP contribution is -2.47. The Labute approximate surface area is 161 Å². The van der Waals surface area contributed by atoms with Crippen molar-refractivity contribution in [1.82, 2.24) is 4.90 Å². The number of alkyl halides is 4. The van der Waals surface area contributed by atoms with E-state index in [1.165, 1.54) is 24.3 Å². The van der Waals surface area contributed by atoms with Gasteiger partial charge in [-0.3, -0.25) is 0 Å². The van der Waals surface area contributed by atoms with Gasteiger partial charge in [0.25, 0.3) is 0 Å². The van der Waals surface area contributed by atoms with E-state index in [1.54, 1.807) is 12.2 Å². The Balaban J connectivity index is 2.26. The molecular formula is C20H23F4N3O. The second kappa shape index (κ2) is 8.95. The molecule has 0 unspecified atom stereocenters. The van der Waals surface area contributed by atoms with E-state index in [-0.39, 0.29) is 18.8 Å². The van der Waals surface area contributed by atoms with E-state index in [2.05, 4.69) is 16.6 Å². The fraction of sp³-hybridized carbons (Fsp3) is 0.350. The van der Waals surface area contributed by atoms with Gasteiger partial charge in [-0.15, -0.1) is 13.2 Å². The van der Waals surface area contributed by atoms with Crippen molar-refractivity contribution >= 4 is 11.4 Å². The number of nitrogens with one attached hydrogen (secondary N) is 2. The molecule has 1 aromatic carbocycles. The fourth-order valence-corrected chi connectivity index (χ4v) is 2.77. The number of rotatable bonds is 8. The third-order valence-electron chi connectivity index (χ3n) is 4.10. The second-order valence-corrected chi connectivity index (χ2v) is 6.27. The number of nitrogens with zero attached hydrogens (tertiary/aromatic N) is 1.